The summed E-state index contributed by atoms with van der Waals surface area (Å²) in [5.41, 5.74) is 3.90. The quantitative estimate of drug-likeness (QED) is 0.550. The molecule has 3 aromatic carbocycles. The Morgan fingerprint density at radius 3 is 2.22 bits per heavy atom. The third-order valence-corrected chi connectivity index (χ3v) is 5.65. The highest BCUT2D eigenvalue weighted by Gasteiger charge is 2.24. The minimum atomic E-state index is -0.0417. The van der Waals surface area contributed by atoms with Gasteiger partial charge in [0.15, 0.2) is 23.0 Å². The van der Waals surface area contributed by atoms with Crippen LogP contribution in [0.3, 0.4) is 0 Å². The van der Waals surface area contributed by atoms with Gasteiger partial charge in [0, 0.05) is 18.7 Å². The van der Waals surface area contributed by atoms with Crippen LogP contribution >= 0.6 is 0 Å². The van der Waals surface area contributed by atoms with Crippen molar-refractivity contribution in [2.75, 3.05) is 27.9 Å². The normalized spacial score (nSPS) is 12.7. The number of carbonyl (C=O) groups excluding carboxylic acids is 1. The zero-order valence-electron chi connectivity index (χ0n) is 18.6. The lowest BCUT2D eigenvalue weighted by molar-refractivity contribution is 0.0734. The van der Waals surface area contributed by atoms with Gasteiger partial charge in [-0.25, -0.2) is 0 Å². The second kappa shape index (κ2) is 9.64. The average Bonchev–Trinajstić information content (AvgIpc) is 2.86. The second-order valence-electron chi connectivity index (χ2n) is 7.59. The Bertz CT molecular complexity index is 1100. The van der Waals surface area contributed by atoms with Crippen molar-refractivity contribution >= 4 is 5.91 Å². The van der Waals surface area contributed by atoms with Gasteiger partial charge in [0.2, 0.25) is 0 Å². The molecule has 0 saturated carbocycles. The van der Waals surface area contributed by atoms with Crippen LogP contribution < -0.4 is 18.9 Å². The van der Waals surface area contributed by atoms with Crippen LogP contribution in [0.5, 0.6) is 23.0 Å². The molecule has 0 saturated heterocycles. The molecule has 3 aromatic rings. The number of ether oxygens (including phenoxy) is 4. The van der Waals surface area contributed by atoms with Gasteiger partial charge in [-0.2, -0.15) is 0 Å². The van der Waals surface area contributed by atoms with Crippen molar-refractivity contribution in [1.29, 1.82) is 0 Å². The molecule has 0 aliphatic carbocycles. The molecule has 1 aliphatic rings. The summed E-state index contributed by atoms with van der Waals surface area (Å²) in [6.45, 7) is 1.61. The maximum atomic E-state index is 13.1. The number of amides is 1. The number of benzene rings is 3. The molecule has 0 fully saturated rings. The summed E-state index contributed by atoms with van der Waals surface area (Å²) >= 11 is 0. The summed E-state index contributed by atoms with van der Waals surface area (Å²) in [6, 6.07) is 19.3. The first-order valence-electron chi connectivity index (χ1n) is 10.5. The van der Waals surface area contributed by atoms with Crippen LogP contribution in [-0.4, -0.2) is 38.7 Å². The van der Waals surface area contributed by atoms with Gasteiger partial charge in [-0.15, -0.1) is 0 Å². The van der Waals surface area contributed by atoms with Gasteiger partial charge in [0.05, 0.1) is 21.3 Å². The number of rotatable bonds is 7. The van der Waals surface area contributed by atoms with Crippen LogP contribution in [0, 0.1) is 0 Å². The minimum absolute atomic E-state index is 0.0417. The lowest BCUT2D eigenvalue weighted by Crippen LogP contribution is -2.36. The number of hydrogen-bond donors (Lipinski definition) is 0. The lowest BCUT2D eigenvalue weighted by Gasteiger charge is -2.30. The number of methoxy groups -OCH3 is 3. The van der Waals surface area contributed by atoms with Crippen LogP contribution in [0.4, 0.5) is 0 Å². The van der Waals surface area contributed by atoms with E-state index in [1.54, 1.807) is 39.5 Å². The highest BCUT2D eigenvalue weighted by molar-refractivity contribution is 5.95. The molecule has 6 nitrogen and oxygen atoms in total. The first kappa shape index (κ1) is 21.6. The van der Waals surface area contributed by atoms with Crippen LogP contribution in [0.2, 0.25) is 0 Å². The monoisotopic (exact) mass is 433 g/mol. The first-order valence-corrected chi connectivity index (χ1v) is 10.5. The third-order valence-electron chi connectivity index (χ3n) is 5.65. The van der Waals surface area contributed by atoms with Gasteiger partial charge >= 0.3 is 0 Å². The largest absolute Gasteiger partial charge is 0.493 e. The molecule has 32 heavy (non-hydrogen) atoms. The molecule has 0 unspecified atom stereocenters. The van der Waals surface area contributed by atoms with Gasteiger partial charge in [-0.1, -0.05) is 30.3 Å². The number of fused-ring (bicyclic) bond motifs is 1. The van der Waals surface area contributed by atoms with Crippen molar-refractivity contribution < 1.29 is 23.7 Å². The molecule has 1 amide bonds. The van der Waals surface area contributed by atoms with E-state index in [1.807, 2.05) is 47.4 Å². The molecule has 0 N–H and O–H groups in total. The Morgan fingerprint density at radius 1 is 0.812 bits per heavy atom. The molecule has 1 heterocycles. The fourth-order valence-corrected chi connectivity index (χ4v) is 3.90. The first-order chi connectivity index (χ1) is 15.6. The molecule has 0 radical (unpaired) electrons. The van der Waals surface area contributed by atoms with Crippen molar-refractivity contribution in [2.24, 2.45) is 0 Å². The standard InChI is InChI=1S/C26H27NO5/c1-29-22-10-9-20(14-23(22)30-2)26(28)27-12-11-19-13-25(24(31-3)15-21(19)16-27)32-17-18-7-5-4-6-8-18/h4-10,13-15H,11-12,16-17H2,1-3H3. The Morgan fingerprint density at radius 2 is 1.50 bits per heavy atom. The minimum Gasteiger partial charge on any atom is -0.493 e. The molecular formula is C26H27NO5. The van der Waals surface area contributed by atoms with Crippen molar-refractivity contribution in [1.82, 2.24) is 4.90 Å². The molecule has 6 heteroatoms. The number of carbonyl (C=O) groups is 1. The molecular weight excluding hydrogens is 406 g/mol. The van der Waals surface area contributed by atoms with E-state index in [9.17, 15) is 4.79 Å². The fourth-order valence-electron chi connectivity index (χ4n) is 3.90. The summed E-state index contributed by atoms with van der Waals surface area (Å²) in [4.78, 5) is 15.0. The van der Waals surface area contributed by atoms with E-state index in [-0.39, 0.29) is 5.91 Å². The number of nitrogens with zero attached hydrogens (tertiary/aromatic N) is 1. The molecule has 0 spiro atoms. The van der Waals surface area contributed by atoms with Gasteiger partial charge in [-0.05, 0) is 53.4 Å². The molecule has 4 rings (SSSR count). The van der Waals surface area contributed by atoms with E-state index >= 15 is 0 Å². The summed E-state index contributed by atoms with van der Waals surface area (Å²) in [6.07, 6.45) is 0.750. The van der Waals surface area contributed by atoms with Gasteiger partial charge in [0.1, 0.15) is 6.61 Å². The highest BCUT2D eigenvalue weighted by Crippen LogP contribution is 2.35. The predicted octanol–water partition coefficient (Wildman–Crippen LogP) is 4.49. The van der Waals surface area contributed by atoms with Crippen molar-refractivity contribution in [2.45, 2.75) is 19.6 Å². The van der Waals surface area contributed by atoms with Gasteiger partial charge in [-0.3, -0.25) is 4.79 Å². The molecule has 0 aromatic heterocycles. The third kappa shape index (κ3) is 4.49. The Hall–Kier alpha value is -3.67. The van der Waals surface area contributed by atoms with Crippen molar-refractivity contribution in [3.63, 3.8) is 0 Å². The van der Waals surface area contributed by atoms with Crippen LogP contribution in [0.15, 0.2) is 60.7 Å². The predicted molar refractivity (Wildman–Crippen MR) is 122 cm³/mol. The SMILES string of the molecule is COc1ccc(C(=O)N2CCc3cc(OCc4ccccc4)c(OC)cc3C2)cc1OC. The summed E-state index contributed by atoms with van der Waals surface area (Å²) in [5, 5.41) is 0. The Kier molecular flexibility index (Phi) is 6.50. The van der Waals surface area contributed by atoms with E-state index in [0.717, 1.165) is 23.3 Å². The average molecular weight is 434 g/mol. The van der Waals surface area contributed by atoms with Crippen LogP contribution in [0.1, 0.15) is 27.0 Å². The van der Waals surface area contributed by atoms with Crippen molar-refractivity contribution in [3.8, 4) is 23.0 Å². The molecule has 166 valence electrons. The maximum Gasteiger partial charge on any atom is 0.254 e. The summed E-state index contributed by atoms with van der Waals surface area (Å²) < 4.78 is 22.2. The molecule has 0 bridgehead atoms. The van der Waals surface area contributed by atoms with E-state index in [0.29, 0.717) is 42.5 Å². The van der Waals surface area contributed by atoms with Gasteiger partial charge in [0.25, 0.3) is 5.91 Å². The summed E-state index contributed by atoms with van der Waals surface area (Å²) in [7, 11) is 4.77. The zero-order chi connectivity index (χ0) is 22.5. The maximum absolute atomic E-state index is 13.1. The van der Waals surface area contributed by atoms with Crippen molar-refractivity contribution in [3.05, 3.63) is 82.9 Å². The Balaban J connectivity index is 1.51. The smallest absolute Gasteiger partial charge is 0.254 e. The van der Waals surface area contributed by atoms with Crippen LogP contribution in [0.25, 0.3) is 0 Å². The van der Waals surface area contributed by atoms with E-state index in [4.69, 9.17) is 18.9 Å². The topological polar surface area (TPSA) is 57.2 Å². The van der Waals surface area contributed by atoms with Crippen LogP contribution in [-0.2, 0) is 19.6 Å². The second-order valence-corrected chi connectivity index (χ2v) is 7.59. The summed E-state index contributed by atoms with van der Waals surface area (Å²) in [5.74, 6) is 2.48. The van der Waals surface area contributed by atoms with Gasteiger partial charge < -0.3 is 23.8 Å². The number of hydrogen-bond acceptors (Lipinski definition) is 5. The highest BCUT2D eigenvalue weighted by atomic mass is 16.5. The molecule has 1 aliphatic heterocycles. The molecule has 0 atom stereocenters. The van der Waals surface area contributed by atoms with E-state index in [1.165, 1.54) is 5.56 Å². The van der Waals surface area contributed by atoms with E-state index < -0.39 is 0 Å². The van der Waals surface area contributed by atoms with E-state index in [2.05, 4.69) is 0 Å². The zero-order valence-corrected chi connectivity index (χ0v) is 18.6. The fraction of sp³-hybridized carbons (Fsp3) is 0.269. The lowest BCUT2D eigenvalue weighted by atomic mass is 9.98. The Labute approximate surface area is 188 Å².